The van der Waals surface area contributed by atoms with Gasteiger partial charge in [-0.2, -0.15) is 0 Å². The van der Waals surface area contributed by atoms with E-state index in [1.165, 1.54) is 11.1 Å². The highest BCUT2D eigenvalue weighted by Gasteiger charge is 2.15. The summed E-state index contributed by atoms with van der Waals surface area (Å²) in [4.78, 5) is 0. The molecule has 2 unspecified atom stereocenters. The zero-order valence-corrected chi connectivity index (χ0v) is 9.12. The summed E-state index contributed by atoms with van der Waals surface area (Å²) in [6.07, 6.45) is 0. The van der Waals surface area contributed by atoms with Crippen molar-refractivity contribution in [3.05, 3.63) is 35.4 Å². The molecule has 1 aromatic rings. The van der Waals surface area contributed by atoms with Crippen molar-refractivity contribution in [1.29, 1.82) is 0 Å². The molecule has 2 N–H and O–H groups in total. The van der Waals surface area contributed by atoms with Crippen molar-refractivity contribution in [1.82, 2.24) is 5.32 Å². The van der Waals surface area contributed by atoms with Gasteiger partial charge in [-0.05, 0) is 25.5 Å². The average Bonchev–Trinajstić information content (AvgIpc) is 2.21. The summed E-state index contributed by atoms with van der Waals surface area (Å²) in [6, 6.07) is 8.67. The van der Waals surface area contributed by atoms with E-state index in [2.05, 4.69) is 36.5 Å². The Kier molecular flexibility index (Phi) is 4.11. The molecule has 0 saturated heterocycles. The van der Waals surface area contributed by atoms with Crippen LogP contribution in [0.15, 0.2) is 24.3 Å². The lowest BCUT2D eigenvalue weighted by Gasteiger charge is -2.22. The number of aliphatic hydroxyl groups excluding tert-OH is 1. The quantitative estimate of drug-likeness (QED) is 0.765. The van der Waals surface area contributed by atoms with E-state index in [0.717, 1.165) is 0 Å². The molecule has 0 bridgehead atoms. The van der Waals surface area contributed by atoms with Crippen LogP contribution >= 0.6 is 0 Å². The summed E-state index contributed by atoms with van der Waals surface area (Å²) in [5, 5.41) is 12.3. The van der Waals surface area contributed by atoms with Gasteiger partial charge in [-0.25, -0.2) is 0 Å². The van der Waals surface area contributed by atoms with Gasteiger partial charge in [-0.1, -0.05) is 36.8 Å². The van der Waals surface area contributed by atoms with E-state index in [0.29, 0.717) is 0 Å². The lowest BCUT2D eigenvalue weighted by molar-refractivity contribution is 0.206. The van der Waals surface area contributed by atoms with E-state index >= 15 is 0 Å². The first-order valence-corrected chi connectivity index (χ1v) is 5.03. The first-order valence-electron chi connectivity index (χ1n) is 5.03. The molecule has 0 spiro atoms. The molecule has 0 heterocycles. The lowest BCUT2D eigenvalue weighted by Crippen LogP contribution is -2.25. The third kappa shape index (κ3) is 2.56. The van der Waals surface area contributed by atoms with Crippen LogP contribution in [-0.4, -0.2) is 18.8 Å². The standard InChI is InChI=1S/C12H19NO/c1-9-4-6-11(7-5-9)12(13-3)10(2)8-14/h4-7,10,12-14H,8H2,1-3H3. The van der Waals surface area contributed by atoms with Crippen LogP contribution in [0.4, 0.5) is 0 Å². The van der Waals surface area contributed by atoms with Crippen LogP contribution in [0.25, 0.3) is 0 Å². The van der Waals surface area contributed by atoms with Gasteiger partial charge >= 0.3 is 0 Å². The topological polar surface area (TPSA) is 32.3 Å². The molecule has 2 heteroatoms. The lowest BCUT2D eigenvalue weighted by atomic mass is 9.95. The molecule has 0 aliphatic carbocycles. The largest absolute Gasteiger partial charge is 0.396 e. The van der Waals surface area contributed by atoms with Crippen molar-refractivity contribution in [3.63, 3.8) is 0 Å². The summed E-state index contributed by atoms with van der Waals surface area (Å²) < 4.78 is 0. The third-order valence-corrected chi connectivity index (χ3v) is 2.60. The van der Waals surface area contributed by atoms with Crippen LogP contribution < -0.4 is 5.32 Å². The first-order chi connectivity index (χ1) is 6.69. The predicted octanol–water partition coefficient (Wildman–Crippen LogP) is 1.88. The number of aryl methyl sites for hydroxylation is 1. The Morgan fingerprint density at radius 1 is 1.29 bits per heavy atom. The van der Waals surface area contributed by atoms with Crippen molar-refractivity contribution in [3.8, 4) is 0 Å². The van der Waals surface area contributed by atoms with Gasteiger partial charge in [0.15, 0.2) is 0 Å². The van der Waals surface area contributed by atoms with E-state index in [4.69, 9.17) is 5.11 Å². The summed E-state index contributed by atoms with van der Waals surface area (Å²) in [7, 11) is 1.93. The van der Waals surface area contributed by atoms with Crippen LogP contribution in [0.3, 0.4) is 0 Å². The smallest absolute Gasteiger partial charge is 0.0474 e. The maximum atomic E-state index is 9.11. The summed E-state index contributed by atoms with van der Waals surface area (Å²) >= 11 is 0. The minimum Gasteiger partial charge on any atom is -0.396 e. The van der Waals surface area contributed by atoms with Crippen LogP contribution in [0.5, 0.6) is 0 Å². The van der Waals surface area contributed by atoms with Crippen molar-refractivity contribution in [2.24, 2.45) is 5.92 Å². The fourth-order valence-electron chi connectivity index (χ4n) is 1.66. The molecule has 2 nitrogen and oxygen atoms in total. The van der Waals surface area contributed by atoms with Gasteiger partial charge in [0.2, 0.25) is 0 Å². The van der Waals surface area contributed by atoms with Crippen molar-refractivity contribution in [2.75, 3.05) is 13.7 Å². The number of hydrogen-bond acceptors (Lipinski definition) is 2. The Bertz CT molecular complexity index is 268. The van der Waals surface area contributed by atoms with Gasteiger partial charge in [-0.15, -0.1) is 0 Å². The Labute approximate surface area is 86.0 Å². The number of nitrogens with one attached hydrogen (secondary N) is 1. The van der Waals surface area contributed by atoms with Crippen molar-refractivity contribution in [2.45, 2.75) is 19.9 Å². The molecule has 14 heavy (non-hydrogen) atoms. The predicted molar refractivity (Wildman–Crippen MR) is 59.2 cm³/mol. The number of hydrogen-bond donors (Lipinski definition) is 2. The molecular weight excluding hydrogens is 174 g/mol. The average molecular weight is 193 g/mol. The number of benzene rings is 1. The molecule has 1 rings (SSSR count). The van der Waals surface area contributed by atoms with Crippen LogP contribution in [0.2, 0.25) is 0 Å². The highest BCUT2D eigenvalue weighted by molar-refractivity contribution is 5.24. The fourth-order valence-corrected chi connectivity index (χ4v) is 1.66. The van der Waals surface area contributed by atoms with Crippen LogP contribution in [0.1, 0.15) is 24.1 Å². The monoisotopic (exact) mass is 193 g/mol. The zero-order valence-electron chi connectivity index (χ0n) is 9.12. The molecule has 0 aliphatic heterocycles. The van der Waals surface area contributed by atoms with E-state index < -0.39 is 0 Å². The fraction of sp³-hybridized carbons (Fsp3) is 0.500. The first kappa shape index (κ1) is 11.2. The maximum Gasteiger partial charge on any atom is 0.0474 e. The molecule has 0 aromatic heterocycles. The second kappa shape index (κ2) is 5.13. The molecule has 0 fully saturated rings. The second-order valence-corrected chi connectivity index (χ2v) is 3.84. The second-order valence-electron chi connectivity index (χ2n) is 3.84. The van der Waals surface area contributed by atoms with Crippen molar-refractivity contribution < 1.29 is 5.11 Å². The third-order valence-electron chi connectivity index (χ3n) is 2.60. The summed E-state index contributed by atoms with van der Waals surface area (Å²) in [6.45, 7) is 4.33. The van der Waals surface area contributed by atoms with Gasteiger partial charge in [0.1, 0.15) is 0 Å². The maximum absolute atomic E-state index is 9.11. The zero-order chi connectivity index (χ0) is 10.6. The highest BCUT2D eigenvalue weighted by atomic mass is 16.3. The SMILES string of the molecule is CNC(c1ccc(C)cc1)C(C)CO. The molecule has 2 atom stereocenters. The van der Waals surface area contributed by atoms with Gasteiger partial charge in [0.25, 0.3) is 0 Å². The Morgan fingerprint density at radius 2 is 1.86 bits per heavy atom. The van der Waals surface area contributed by atoms with E-state index in [1.807, 2.05) is 14.0 Å². The Balaban J connectivity index is 2.84. The Hall–Kier alpha value is -0.860. The highest BCUT2D eigenvalue weighted by Crippen LogP contribution is 2.21. The molecule has 0 aliphatic rings. The molecule has 0 saturated carbocycles. The van der Waals surface area contributed by atoms with E-state index in [9.17, 15) is 0 Å². The van der Waals surface area contributed by atoms with E-state index in [-0.39, 0.29) is 18.6 Å². The Morgan fingerprint density at radius 3 is 2.29 bits per heavy atom. The molecule has 0 radical (unpaired) electrons. The summed E-state index contributed by atoms with van der Waals surface area (Å²) in [5.74, 6) is 0.239. The summed E-state index contributed by atoms with van der Waals surface area (Å²) in [5.41, 5.74) is 2.50. The normalized spacial score (nSPS) is 15.1. The van der Waals surface area contributed by atoms with Crippen LogP contribution in [0, 0.1) is 12.8 Å². The van der Waals surface area contributed by atoms with Gasteiger partial charge in [0, 0.05) is 12.6 Å². The van der Waals surface area contributed by atoms with E-state index in [1.54, 1.807) is 0 Å². The molecule has 1 aromatic carbocycles. The van der Waals surface area contributed by atoms with Gasteiger partial charge < -0.3 is 10.4 Å². The van der Waals surface area contributed by atoms with Crippen molar-refractivity contribution >= 4 is 0 Å². The minimum atomic E-state index is 0.208. The number of rotatable bonds is 4. The molecular formula is C12H19NO. The van der Waals surface area contributed by atoms with Crippen LogP contribution in [-0.2, 0) is 0 Å². The van der Waals surface area contributed by atoms with Gasteiger partial charge in [0.05, 0.1) is 0 Å². The minimum absolute atomic E-state index is 0.208. The van der Waals surface area contributed by atoms with Gasteiger partial charge in [-0.3, -0.25) is 0 Å². The molecule has 0 amide bonds. The number of aliphatic hydroxyl groups is 1. The molecule has 78 valence electrons.